The second-order valence-corrected chi connectivity index (χ2v) is 4.16. The van der Waals surface area contributed by atoms with Crippen molar-refractivity contribution >= 4 is 12.4 Å². The van der Waals surface area contributed by atoms with Crippen molar-refractivity contribution in [3.05, 3.63) is 23.8 Å². The molecule has 0 unspecified atom stereocenters. The van der Waals surface area contributed by atoms with Crippen molar-refractivity contribution in [3.63, 3.8) is 0 Å². The maximum Gasteiger partial charge on any atom is 1.00 e. The summed E-state index contributed by atoms with van der Waals surface area (Å²) in [5.74, 6) is -0.0782. The van der Waals surface area contributed by atoms with Crippen molar-refractivity contribution in [3.8, 4) is 5.75 Å². The third-order valence-electron chi connectivity index (χ3n) is 2.52. The van der Waals surface area contributed by atoms with Crippen LogP contribution >= 0.6 is 0 Å². The van der Waals surface area contributed by atoms with Crippen LogP contribution in [0.5, 0.6) is 5.75 Å². The second-order valence-electron chi connectivity index (χ2n) is 4.16. The summed E-state index contributed by atoms with van der Waals surface area (Å²) in [5.41, 5.74) is -0.0716. The first kappa shape index (κ1) is 19.5. The molecule has 0 saturated carbocycles. The van der Waals surface area contributed by atoms with Gasteiger partial charge in [0.05, 0.1) is 12.4 Å². The largest absolute Gasteiger partial charge is 1.00 e. The van der Waals surface area contributed by atoms with E-state index >= 15 is 0 Å². The van der Waals surface area contributed by atoms with Gasteiger partial charge in [-0.3, -0.25) is 0 Å². The standard InChI is InChI=1S/C12H17BF3O2.K/c1-10-5-6-12(11(9-10)13(14,15)16)18-8-4-3-7-17-2;/h5-6,9H,3-4,7-8H2,1-2H3;/q-1;+1. The van der Waals surface area contributed by atoms with E-state index in [2.05, 4.69) is 0 Å². The van der Waals surface area contributed by atoms with Crippen LogP contribution in [0, 0.1) is 6.92 Å². The van der Waals surface area contributed by atoms with Gasteiger partial charge in [-0.05, 0) is 25.8 Å². The Labute approximate surface area is 154 Å². The first-order chi connectivity index (χ1) is 8.45. The van der Waals surface area contributed by atoms with Gasteiger partial charge in [0.15, 0.2) is 0 Å². The Balaban J connectivity index is 0.00000324. The molecule has 1 aromatic carbocycles. The third-order valence-corrected chi connectivity index (χ3v) is 2.52. The number of rotatable bonds is 7. The minimum Gasteiger partial charge on any atom is -0.497 e. The monoisotopic (exact) mass is 300 g/mol. The van der Waals surface area contributed by atoms with E-state index in [-0.39, 0.29) is 63.7 Å². The molecule has 7 heteroatoms. The molecule has 19 heavy (non-hydrogen) atoms. The minimum absolute atomic E-state index is 0. The van der Waals surface area contributed by atoms with E-state index in [4.69, 9.17) is 9.47 Å². The molecule has 0 aliphatic carbocycles. The molecule has 0 bridgehead atoms. The van der Waals surface area contributed by atoms with Gasteiger partial charge in [0, 0.05) is 13.7 Å². The molecule has 102 valence electrons. The Hall–Kier alpha value is 0.471. The van der Waals surface area contributed by atoms with Crippen molar-refractivity contribution < 1.29 is 73.8 Å². The van der Waals surface area contributed by atoms with E-state index in [0.29, 0.717) is 18.6 Å². The molecular formula is C12H17BF3KO2. The van der Waals surface area contributed by atoms with E-state index in [1.54, 1.807) is 20.1 Å². The maximum absolute atomic E-state index is 12.8. The average Bonchev–Trinajstić information content (AvgIpc) is 2.29. The summed E-state index contributed by atoms with van der Waals surface area (Å²) in [6.07, 6.45) is 1.45. The van der Waals surface area contributed by atoms with Crippen LogP contribution in [0.3, 0.4) is 0 Å². The molecular weight excluding hydrogens is 283 g/mol. The van der Waals surface area contributed by atoms with Gasteiger partial charge >= 0.3 is 58.4 Å². The number of hydrogen-bond acceptors (Lipinski definition) is 2. The van der Waals surface area contributed by atoms with E-state index in [0.717, 1.165) is 12.5 Å². The van der Waals surface area contributed by atoms with E-state index in [1.807, 2.05) is 0 Å². The Bertz CT molecular complexity index is 386. The molecule has 1 rings (SSSR count). The Kier molecular flexibility index (Phi) is 9.65. The Morgan fingerprint density at radius 2 is 1.74 bits per heavy atom. The van der Waals surface area contributed by atoms with Crippen molar-refractivity contribution in [1.29, 1.82) is 0 Å². The normalized spacial score (nSPS) is 11.0. The Morgan fingerprint density at radius 1 is 1.11 bits per heavy atom. The SMILES string of the molecule is COCCCCOc1ccc(C)cc1[B-](F)(F)F.[K+]. The molecule has 0 heterocycles. The molecule has 0 aromatic heterocycles. The third kappa shape index (κ3) is 7.15. The molecule has 0 atom stereocenters. The van der Waals surface area contributed by atoms with Gasteiger partial charge in [0.25, 0.3) is 0 Å². The zero-order chi connectivity index (χ0) is 13.6. The number of aryl methyl sites for hydroxylation is 1. The second kappa shape index (κ2) is 9.42. The van der Waals surface area contributed by atoms with Crippen LogP contribution in [0.2, 0.25) is 0 Å². The number of methoxy groups -OCH3 is 1. The predicted molar refractivity (Wildman–Crippen MR) is 66.5 cm³/mol. The molecule has 0 N–H and O–H groups in total. The van der Waals surface area contributed by atoms with Crippen molar-refractivity contribution in [1.82, 2.24) is 0 Å². The predicted octanol–water partition coefficient (Wildman–Crippen LogP) is -0.141. The molecule has 0 spiro atoms. The zero-order valence-corrected chi connectivity index (χ0v) is 14.7. The Morgan fingerprint density at radius 3 is 2.32 bits per heavy atom. The fourth-order valence-corrected chi connectivity index (χ4v) is 1.59. The molecule has 2 nitrogen and oxygen atoms in total. The summed E-state index contributed by atoms with van der Waals surface area (Å²) < 4.78 is 48.5. The number of benzene rings is 1. The first-order valence-corrected chi connectivity index (χ1v) is 5.87. The zero-order valence-electron chi connectivity index (χ0n) is 11.6. The van der Waals surface area contributed by atoms with E-state index < -0.39 is 12.4 Å². The quantitative estimate of drug-likeness (QED) is 0.515. The smallest absolute Gasteiger partial charge is 0.497 e. The fourth-order valence-electron chi connectivity index (χ4n) is 1.59. The number of ether oxygens (including phenoxy) is 2. The summed E-state index contributed by atoms with van der Waals surface area (Å²) in [4.78, 5) is 0. The number of hydrogen-bond donors (Lipinski definition) is 0. The summed E-state index contributed by atoms with van der Waals surface area (Å²) in [5, 5.41) is 0. The maximum atomic E-state index is 12.8. The molecule has 0 amide bonds. The summed E-state index contributed by atoms with van der Waals surface area (Å²) in [7, 11) is 1.59. The van der Waals surface area contributed by atoms with Crippen LogP contribution in [-0.2, 0) is 4.74 Å². The fraction of sp³-hybridized carbons (Fsp3) is 0.500. The van der Waals surface area contributed by atoms with Gasteiger partial charge in [-0.15, -0.1) is 0 Å². The summed E-state index contributed by atoms with van der Waals surface area (Å²) in [6.45, 7) is -2.54. The molecule has 0 aliphatic rings. The van der Waals surface area contributed by atoms with Crippen LogP contribution < -0.4 is 61.6 Å². The minimum atomic E-state index is -5.04. The van der Waals surface area contributed by atoms with Crippen molar-refractivity contribution in [2.24, 2.45) is 0 Å². The van der Waals surface area contributed by atoms with Crippen molar-refractivity contribution in [2.75, 3.05) is 20.3 Å². The van der Waals surface area contributed by atoms with Gasteiger partial charge in [-0.1, -0.05) is 23.2 Å². The topological polar surface area (TPSA) is 18.5 Å². The molecule has 0 radical (unpaired) electrons. The molecule has 0 fully saturated rings. The molecule has 0 saturated heterocycles. The van der Waals surface area contributed by atoms with Crippen LogP contribution in [-0.4, -0.2) is 27.3 Å². The van der Waals surface area contributed by atoms with Gasteiger partial charge < -0.3 is 22.4 Å². The molecule has 0 aliphatic heterocycles. The van der Waals surface area contributed by atoms with Gasteiger partial charge in [0.1, 0.15) is 0 Å². The van der Waals surface area contributed by atoms with Crippen LogP contribution in [0.1, 0.15) is 18.4 Å². The average molecular weight is 300 g/mol. The molecule has 1 aromatic rings. The van der Waals surface area contributed by atoms with Gasteiger partial charge in [-0.25, -0.2) is 0 Å². The summed E-state index contributed by atoms with van der Waals surface area (Å²) >= 11 is 0. The van der Waals surface area contributed by atoms with Gasteiger partial charge in [-0.2, -0.15) is 0 Å². The van der Waals surface area contributed by atoms with E-state index in [9.17, 15) is 12.9 Å². The van der Waals surface area contributed by atoms with Crippen LogP contribution in [0.4, 0.5) is 12.9 Å². The van der Waals surface area contributed by atoms with Crippen LogP contribution in [0.15, 0.2) is 18.2 Å². The van der Waals surface area contributed by atoms with Crippen LogP contribution in [0.25, 0.3) is 0 Å². The summed E-state index contributed by atoms with van der Waals surface area (Å²) in [6, 6.07) is 4.14. The first-order valence-electron chi connectivity index (χ1n) is 5.87. The number of unbranched alkanes of at least 4 members (excludes halogenated alkanes) is 1. The van der Waals surface area contributed by atoms with Gasteiger partial charge in [0.2, 0.25) is 0 Å². The van der Waals surface area contributed by atoms with Crippen molar-refractivity contribution in [2.45, 2.75) is 19.8 Å². The number of halogens is 3. The van der Waals surface area contributed by atoms with E-state index in [1.165, 1.54) is 6.07 Å².